The van der Waals surface area contributed by atoms with Crippen LogP contribution >= 0.6 is 0 Å². The molecule has 78 valence electrons. The predicted molar refractivity (Wildman–Crippen MR) is 56.6 cm³/mol. The van der Waals surface area contributed by atoms with Gasteiger partial charge in [0.05, 0.1) is 6.61 Å². The molecular formula is C10H17N3O. The summed E-state index contributed by atoms with van der Waals surface area (Å²) in [5.74, 6) is 1.46. The number of nitrogens with zero attached hydrogens (tertiary/aromatic N) is 2. The Morgan fingerprint density at radius 2 is 2.21 bits per heavy atom. The molecule has 0 aromatic carbocycles. The summed E-state index contributed by atoms with van der Waals surface area (Å²) in [5.41, 5.74) is 0. The second kappa shape index (κ2) is 6.18. The van der Waals surface area contributed by atoms with Gasteiger partial charge in [-0.05, 0) is 13.3 Å². The summed E-state index contributed by atoms with van der Waals surface area (Å²) in [6, 6.07) is 1.82. The number of anilines is 1. The molecule has 0 spiro atoms. The van der Waals surface area contributed by atoms with Crippen molar-refractivity contribution in [3.8, 4) is 5.88 Å². The van der Waals surface area contributed by atoms with Gasteiger partial charge in [-0.25, -0.2) is 9.97 Å². The standard InChI is InChI=1S/C10H17N3O/c1-3-5-6-11-9-7-10(14-4-2)13-8-12-9/h7-8H,3-6H2,1-2H3,(H,11,12,13). The Bertz CT molecular complexity index is 265. The lowest BCUT2D eigenvalue weighted by Gasteiger charge is -2.05. The van der Waals surface area contributed by atoms with Crippen LogP contribution in [0.15, 0.2) is 12.4 Å². The minimum Gasteiger partial charge on any atom is -0.478 e. The molecule has 0 aliphatic heterocycles. The predicted octanol–water partition coefficient (Wildman–Crippen LogP) is 2.09. The maximum atomic E-state index is 5.26. The topological polar surface area (TPSA) is 47.0 Å². The van der Waals surface area contributed by atoms with Crippen LogP contribution in [-0.4, -0.2) is 23.1 Å². The van der Waals surface area contributed by atoms with Crippen molar-refractivity contribution < 1.29 is 4.74 Å². The summed E-state index contributed by atoms with van der Waals surface area (Å²) in [4.78, 5) is 8.08. The number of nitrogens with one attached hydrogen (secondary N) is 1. The van der Waals surface area contributed by atoms with Gasteiger partial charge in [0.15, 0.2) is 0 Å². The van der Waals surface area contributed by atoms with Crippen molar-refractivity contribution in [3.05, 3.63) is 12.4 Å². The molecule has 0 aliphatic rings. The molecule has 1 aromatic heterocycles. The second-order valence-electron chi connectivity index (χ2n) is 2.95. The highest BCUT2D eigenvalue weighted by Gasteiger charge is 1.97. The normalized spacial score (nSPS) is 9.86. The Kier molecular flexibility index (Phi) is 4.75. The van der Waals surface area contributed by atoms with E-state index in [4.69, 9.17) is 4.74 Å². The van der Waals surface area contributed by atoms with E-state index in [0.29, 0.717) is 12.5 Å². The molecule has 1 heterocycles. The van der Waals surface area contributed by atoms with Gasteiger partial charge in [0, 0.05) is 12.6 Å². The zero-order chi connectivity index (χ0) is 10.2. The second-order valence-corrected chi connectivity index (χ2v) is 2.95. The number of rotatable bonds is 6. The zero-order valence-electron chi connectivity index (χ0n) is 8.79. The van der Waals surface area contributed by atoms with Gasteiger partial charge in [-0.1, -0.05) is 13.3 Å². The van der Waals surface area contributed by atoms with Crippen LogP contribution in [0.25, 0.3) is 0 Å². The average Bonchev–Trinajstić information content (AvgIpc) is 2.19. The van der Waals surface area contributed by atoms with E-state index >= 15 is 0 Å². The molecule has 0 radical (unpaired) electrons. The molecular weight excluding hydrogens is 178 g/mol. The Balaban J connectivity index is 2.46. The van der Waals surface area contributed by atoms with Gasteiger partial charge in [-0.2, -0.15) is 0 Å². The fraction of sp³-hybridized carbons (Fsp3) is 0.600. The van der Waals surface area contributed by atoms with Crippen LogP contribution in [0, 0.1) is 0 Å². The average molecular weight is 195 g/mol. The number of aromatic nitrogens is 2. The van der Waals surface area contributed by atoms with E-state index in [0.717, 1.165) is 18.8 Å². The molecule has 14 heavy (non-hydrogen) atoms. The largest absolute Gasteiger partial charge is 0.478 e. The van der Waals surface area contributed by atoms with Crippen molar-refractivity contribution in [1.29, 1.82) is 0 Å². The molecule has 1 N–H and O–H groups in total. The number of hydrogen-bond acceptors (Lipinski definition) is 4. The molecule has 0 amide bonds. The Hall–Kier alpha value is -1.32. The smallest absolute Gasteiger partial charge is 0.218 e. The SMILES string of the molecule is CCCCNc1cc(OCC)ncn1. The first-order valence-electron chi connectivity index (χ1n) is 5.05. The minimum atomic E-state index is 0.626. The first kappa shape index (κ1) is 10.8. The van der Waals surface area contributed by atoms with Crippen molar-refractivity contribution >= 4 is 5.82 Å². The van der Waals surface area contributed by atoms with Gasteiger partial charge in [0.1, 0.15) is 12.1 Å². The summed E-state index contributed by atoms with van der Waals surface area (Å²) in [6.07, 6.45) is 3.84. The summed E-state index contributed by atoms with van der Waals surface area (Å²) < 4.78 is 5.26. The minimum absolute atomic E-state index is 0.626. The summed E-state index contributed by atoms with van der Waals surface area (Å²) in [5, 5.41) is 3.21. The quantitative estimate of drug-likeness (QED) is 0.706. The molecule has 4 nitrogen and oxygen atoms in total. The van der Waals surface area contributed by atoms with Crippen molar-refractivity contribution in [1.82, 2.24) is 9.97 Å². The molecule has 0 unspecified atom stereocenters. The molecule has 0 atom stereocenters. The molecule has 0 bridgehead atoms. The Morgan fingerprint density at radius 3 is 2.93 bits per heavy atom. The van der Waals surface area contributed by atoms with E-state index in [-0.39, 0.29) is 0 Å². The summed E-state index contributed by atoms with van der Waals surface area (Å²) in [7, 11) is 0. The third kappa shape index (κ3) is 3.60. The Morgan fingerprint density at radius 1 is 1.36 bits per heavy atom. The lowest BCUT2D eigenvalue weighted by molar-refractivity contribution is 0.326. The van der Waals surface area contributed by atoms with Gasteiger partial charge in [-0.3, -0.25) is 0 Å². The zero-order valence-corrected chi connectivity index (χ0v) is 8.79. The fourth-order valence-electron chi connectivity index (χ4n) is 1.06. The van der Waals surface area contributed by atoms with E-state index in [1.54, 1.807) is 0 Å². The van der Waals surface area contributed by atoms with E-state index < -0.39 is 0 Å². The van der Waals surface area contributed by atoms with Gasteiger partial charge in [-0.15, -0.1) is 0 Å². The lowest BCUT2D eigenvalue weighted by atomic mass is 10.3. The summed E-state index contributed by atoms with van der Waals surface area (Å²) >= 11 is 0. The maximum Gasteiger partial charge on any atom is 0.218 e. The van der Waals surface area contributed by atoms with Crippen molar-refractivity contribution in [2.75, 3.05) is 18.5 Å². The van der Waals surface area contributed by atoms with Gasteiger partial charge >= 0.3 is 0 Å². The Labute approximate surface area is 84.7 Å². The van der Waals surface area contributed by atoms with Crippen LogP contribution in [-0.2, 0) is 0 Å². The number of ether oxygens (including phenoxy) is 1. The lowest BCUT2D eigenvalue weighted by Crippen LogP contribution is -2.04. The number of unbranched alkanes of at least 4 members (excludes halogenated alkanes) is 1. The van der Waals surface area contributed by atoms with Crippen LogP contribution in [0.3, 0.4) is 0 Å². The highest BCUT2D eigenvalue weighted by Crippen LogP contribution is 2.10. The van der Waals surface area contributed by atoms with Crippen LogP contribution in [0.1, 0.15) is 26.7 Å². The van der Waals surface area contributed by atoms with Crippen LogP contribution in [0.4, 0.5) is 5.82 Å². The monoisotopic (exact) mass is 195 g/mol. The highest BCUT2D eigenvalue weighted by atomic mass is 16.5. The fourth-order valence-corrected chi connectivity index (χ4v) is 1.06. The molecule has 0 saturated carbocycles. The van der Waals surface area contributed by atoms with Gasteiger partial charge in [0.2, 0.25) is 5.88 Å². The third-order valence-corrected chi connectivity index (χ3v) is 1.77. The van der Waals surface area contributed by atoms with Crippen LogP contribution in [0.5, 0.6) is 5.88 Å². The highest BCUT2D eigenvalue weighted by molar-refractivity contribution is 5.36. The van der Waals surface area contributed by atoms with Crippen molar-refractivity contribution in [2.45, 2.75) is 26.7 Å². The van der Waals surface area contributed by atoms with Crippen LogP contribution < -0.4 is 10.1 Å². The van der Waals surface area contributed by atoms with E-state index in [2.05, 4.69) is 22.2 Å². The van der Waals surface area contributed by atoms with Gasteiger partial charge in [0.25, 0.3) is 0 Å². The molecule has 1 rings (SSSR count). The van der Waals surface area contributed by atoms with Gasteiger partial charge < -0.3 is 10.1 Å². The number of hydrogen-bond donors (Lipinski definition) is 1. The van der Waals surface area contributed by atoms with E-state index in [1.807, 2.05) is 13.0 Å². The molecule has 0 aliphatic carbocycles. The van der Waals surface area contributed by atoms with Crippen molar-refractivity contribution in [2.24, 2.45) is 0 Å². The molecule has 4 heteroatoms. The third-order valence-electron chi connectivity index (χ3n) is 1.77. The maximum absolute atomic E-state index is 5.26. The van der Waals surface area contributed by atoms with Crippen molar-refractivity contribution in [3.63, 3.8) is 0 Å². The van der Waals surface area contributed by atoms with E-state index in [1.165, 1.54) is 12.7 Å². The molecule has 0 fully saturated rings. The van der Waals surface area contributed by atoms with E-state index in [9.17, 15) is 0 Å². The molecule has 1 aromatic rings. The first-order chi connectivity index (χ1) is 6.86. The molecule has 0 saturated heterocycles. The van der Waals surface area contributed by atoms with Crippen LogP contribution in [0.2, 0.25) is 0 Å². The summed E-state index contributed by atoms with van der Waals surface area (Å²) in [6.45, 7) is 5.67. The first-order valence-corrected chi connectivity index (χ1v) is 5.05.